The van der Waals surface area contributed by atoms with Crippen molar-refractivity contribution in [1.29, 1.82) is 0 Å². The van der Waals surface area contributed by atoms with Gasteiger partial charge in [0.25, 0.3) is 0 Å². The lowest BCUT2D eigenvalue weighted by Gasteiger charge is -2.28. The summed E-state index contributed by atoms with van der Waals surface area (Å²) in [6, 6.07) is 7.19. The smallest absolute Gasteiger partial charge is 0.327 e. The van der Waals surface area contributed by atoms with Gasteiger partial charge >= 0.3 is 5.97 Å². The molecule has 5 nitrogen and oxygen atoms in total. The maximum Gasteiger partial charge on any atom is 0.327 e. The molecule has 5 heteroatoms. The number of ether oxygens (including phenoxy) is 2. The molecule has 0 spiro atoms. The zero-order valence-electron chi connectivity index (χ0n) is 12.5. The van der Waals surface area contributed by atoms with Crippen molar-refractivity contribution in [1.82, 2.24) is 5.32 Å². The highest BCUT2D eigenvalue weighted by molar-refractivity contribution is 5.78. The number of rotatable bonds is 8. The SMILES string of the molecule is CCOc1ccc(OCC(C)(NC(C)C)C(=O)O)cc1. The average Bonchev–Trinajstić information content (AvgIpc) is 2.37. The van der Waals surface area contributed by atoms with Crippen molar-refractivity contribution in [3.05, 3.63) is 24.3 Å². The number of carbonyl (C=O) groups is 1. The van der Waals surface area contributed by atoms with Gasteiger partial charge in [0.1, 0.15) is 23.6 Å². The third kappa shape index (κ3) is 4.74. The molecule has 0 aliphatic carbocycles. The minimum atomic E-state index is -1.12. The van der Waals surface area contributed by atoms with E-state index in [2.05, 4.69) is 5.32 Å². The first kappa shape index (κ1) is 16.3. The minimum absolute atomic E-state index is 0.0501. The summed E-state index contributed by atoms with van der Waals surface area (Å²) in [7, 11) is 0. The number of benzene rings is 1. The summed E-state index contributed by atoms with van der Waals surface area (Å²) in [6.07, 6.45) is 0. The Bertz CT molecular complexity index is 430. The van der Waals surface area contributed by atoms with Crippen LogP contribution in [0.15, 0.2) is 24.3 Å². The molecule has 1 unspecified atom stereocenters. The molecule has 0 aliphatic heterocycles. The summed E-state index contributed by atoms with van der Waals surface area (Å²) in [5.74, 6) is 0.449. The summed E-state index contributed by atoms with van der Waals surface area (Å²) < 4.78 is 10.9. The fraction of sp³-hybridized carbons (Fsp3) is 0.533. The Morgan fingerprint density at radius 1 is 1.25 bits per heavy atom. The summed E-state index contributed by atoms with van der Waals surface area (Å²) in [5.41, 5.74) is -1.12. The van der Waals surface area contributed by atoms with E-state index >= 15 is 0 Å². The lowest BCUT2D eigenvalue weighted by atomic mass is 10.0. The second-order valence-electron chi connectivity index (χ2n) is 5.13. The molecule has 0 fully saturated rings. The van der Waals surface area contributed by atoms with Crippen LogP contribution in [0.5, 0.6) is 11.5 Å². The van der Waals surface area contributed by atoms with Gasteiger partial charge in [0.05, 0.1) is 6.61 Å². The standard InChI is InChI=1S/C15H23NO4/c1-5-19-12-6-8-13(9-7-12)20-10-15(4,14(17)18)16-11(2)3/h6-9,11,16H,5,10H2,1-4H3,(H,17,18). The van der Waals surface area contributed by atoms with Gasteiger partial charge in [-0.25, -0.2) is 0 Å². The molecular formula is C15H23NO4. The number of aliphatic carboxylic acids is 1. The van der Waals surface area contributed by atoms with E-state index in [0.717, 1.165) is 5.75 Å². The van der Waals surface area contributed by atoms with E-state index in [1.165, 1.54) is 0 Å². The molecule has 0 saturated carbocycles. The first-order valence-electron chi connectivity index (χ1n) is 6.74. The predicted molar refractivity (Wildman–Crippen MR) is 77.4 cm³/mol. The number of nitrogens with one attached hydrogen (secondary N) is 1. The van der Waals surface area contributed by atoms with Gasteiger partial charge < -0.3 is 14.6 Å². The Kier molecular flexibility index (Phi) is 5.82. The predicted octanol–water partition coefficient (Wildman–Crippen LogP) is 2.31. The molecule has 0 aliphatic rings. The molecule has 112 valence electrons. The van der Waals surface area contributed by atoms with Crippen molar-refractivity contribution in [3.63, 3.8) is 0 Å². The van der Waals surface area contributed by atoms with Gasteiger partial charge in [0, 0.05) is 6.04 Å². The fourth-order valence-electron chi connectivity index (χ4n) is 1.83. The van der Waals surface area contributed by atoms with Crippen molar-refractivity contribution in [3.8, 4) is 11.5 Å². The zero-order valence-corrected chi connectivity index (χ0v) is 12.5. The first-order valence-corrected chi connectivity index (χ1v) is 6.74. The highest BCUT2D eigenvalue weighted by Crippen LogP contribution is 2.19. The van der Waals surface area contributed by atoms with Crippen LogP contribution in [0.1, 0.15) is 27.7 Å². The van der Waals surface area contributed by atoms with Crippen LogP contribution in [0.2, 0.25) is 0 Å². The first-order chi connectivity index (χ1) is 9.37. The van der Waals surface area contributed by atoms with Gasteiger partial charge in [-0.05, 0) is 52.0 Å². The molecule has 1 aromatic carbocycles. The van der Waals surface area contributed by atoms with Crippen molar-refractivity contribution in [2.45, 2.75) is 39.3 Å². The van der Waals surface area contributed by atoms with E-state index in [9.17, 15) is 9.90 Å². The largest absolute Gasteiger partial charge is 0.494 e. The van der Waals surface area contributed by atoms with Gasteiger partial charge in [-0.15, -0.1) is 0 Å². The molecule has 0 saturated heterocycles. The van der Waals surface area contributed by atoms with Crippen LogP contribution in [0.25, 0.3) is 0 Å². The lowest BCUT2D eigenvalue weighted by molar-refractivity contribution is -0.145. The Hall–Kier alpha value is -1.75. The lowest BCUT2D eigenvalue weighted by Crippen LogP contribution is -2.56. The topological polar surface area (TPSA) is 67.8 Å². The summed E-state index contributed by atoms with van der Waals surface area (Å²) >= 11 is 0. The Labute approximate surface area is 119 Å². The van der Waals surface area contributed by atoms with Crippen molar-refractivity contribution in [2.75, 3.05) is 13.2 Å². The van der Waals surface area contributed by atoms with Gasteiger partial charge in [0.15, 0.2) is 0 Å². The molecule has 0 amide bonds. The number of carboxylic acids is 1. The van der Waals surface area contributed by atoms with Crippen LogP contribution < -0.4 is 14.8 Å². The summed E-state index contributed by atoms with van der Waals surface area (Å²) in [4.78, 5) is 11.4. The summed E-state index contributed by atoms with van der Waals surface area (Å²) in [6.45, 7) is 7.99. The van der Waals surface area contributed by atoms with Crippen LogP contribution in [-0.4, -0.2) is 35.9 Å². The molecule has 0 bridgehead atoms. The zero-order chi connectivity index (χ0) is 15.2. The fourth-order valence-corrected chi connectivity index (χ4v) is 1.83. The van der Waals surface area contributed by atoms with Crippen LogP contribution in [0.4, 0.5) is 0 Å². The van der Waals surface area contributed by atoms with Gasteiger partial charge in [0.2, 0.25) is 0 Å². The van der Waals surface area contributed by atoms with Gasteiger partial charge in [-0.2, -0.15) is 0 Å². The second-order valence-corrected chi connectivity index (χ2v) is 5.13. The Morgan fingerprint density at radius 2 is 1.75 bits per heavy atom. The number of hydrogen-bond acceptors (Lipinski definition) is 4. The number of hydrogen-bond donors (Lipinski definition) is 2. The van der Waals surface area contributed by atoms with E-state index in [1.54, 1.807) is 31.2 Å². The maximum absolute atomic E-state index is 11.4. The summed E-state index contributed by atoms with van der Waals surface area (Å²) in [5, 5.41) is 12.3. The van der Waals surface area contributed by atoms with Crippen molar-refractivity contribution < 1.29 is 19.4 Å². The van der Waals surface area contributed by atoms with E-state index < -0.39 is 11.5 Å². The molecule has 1 rings (SSSR count). The van der Waals surface area contributed by atoms with Crippen LogP contribution in [0.3, 0.4) is 0 Å². The van der Waals surface area contributed by atoms with Crippen LogP contribution >= 0.6 is 0 Å². The maximum atomic E-state index is 11.4. The van der Waals surface area contributed by atoms with Crippen LogP contribution in [-0.2, 0) is 4.79 Å². The molecule has 20 heavy (non-hydrogen) atoms. The third-order valence-electron chi connectivity index (χ3n) is 2.74. The second kappa shape index (κ2) is 7.14. The van der Waals surface area contributed by atoms with E-state index in [-0.39, 0.29) is 12.6 Å². The highest BCUT2D eigenvalue weighted by atomic mass is 16.5. The third-order valence-corrected chi connectivity index (χ3v) is 2.74. The molecule has 0 heterocycles. The van der Waals surface area contributed by atoms with E-state index in [4.69, 9.17) is 9.47 Å². The van der Waals surface area contributed by atoms with Gasteiger partial charge in [-0.1, -0.05) is 0 Å². The molecule has 1 atom stereocenters. The quantitative estimate of drug-likeness (QED) is 0.765. The van der Waals surface area contributed by atoms with Crippen molar-refractivity contribution in [2.24, 2.45) is 0 Å². The molecule has 1 aromatic rings. The van der Waals surface area contributed by atoms with E-state index in [1.807, 2.05) is 20.8 Å². The molecule has 0 radical (unpaired) electrons. The van der Waals surface area contributed by atoms with Crippen molar-refractivity contribution >= 4 is 5.97 Å². The Balaban J connectivity index is 2.65. The highest BCUT2D eigenvalue weighted by Gasteiger charge is 2.34. The van der Waals surface area contributed by atoms with E-state index in [0.29, 0.717) is 12.4 Å². The van der Waals surface area contributed by atoms with Gasteiger partial charge in [-0.3, -0.25) is 10.1 Å². The number of carboxylic acid groups (broad SMARTS) is 1. The molecule has 0 aromatic heterocycles. The average molecular weight is 281 g/mol. The molecule has 2 N–H and O–H groups in total. The molecular weight excluding hydrogens is 258 g/mol. The monoisotopic (exact) mass is 281 g/mol. The van der Waals surface area contributed by atoms with Crippen LogP contribution in [0, 0.1) is 0 Å². The minimum Gasteiger partial charge on any atom is -0.494 e. The Morgan fingerprint density at radius 3 is 2.15 bits per heavy atom. The normalized spacial score (nSPS) is 13.8.